The second-order valence-electron chi connectivity index (χ2n) is 6.04. The third-order valence-corrected chi connectivity index (χ3v) is 4.01. The summed E-state index contributed by atoms with van der Waals surface area (Å²) in [5.74, 6) is 0.0647. The molecule has 0 bridgehead atoms. The number of rotatable bonds is 5. The summed E-state index contributed by atoms with van der Waals surface area (Å²) in [6.07, 6.45) is -4.36. The van der Waals surface area contributed by atoms with E-state index in [9.17, 15) is 17.6 Å². The summed E-state index contributed by atoms with van der Waals surface area (Å²) in [7, 11) is 3.35. The van der Waals surface area contributed by atoms with Gasteiger partial charge in [0.15, 0.2) is 5.96 Å². The molecule has 0 unspecified atom stereocenters. The highest BCUT2D eigenvalue weighted by Crippen LogP contribution is 2.29. The number of aliphatic hydroxyl groups is 1. The van der Waals surface area contributed by atoms with Crippen molar-refractivity contribution in [2.45, 2.75) is 25.9 Å². The van der Waals surface area contributed by atoms with Gasteiger partial charge in [-0.05, 0) is 35.4 Å². The number of hydrogen-bond donors (Lipinski definition) is 2. The zero-order valence-electron chi connectivity index (χ0n) is 15.4. The highest BCUT2D eigenvalue weighted by Gasteiger charge is 2.29. The Labute approximate surface area is 178 Å². The smallest absolute Gasteiger partial charge is 0.392 e. The Morgan fingerprint density at radius 1 is 1.11 bits per heavy atom. The highest BCUT2D eigenvalue weighted by molar-refractivity contribution is 14.0. The van der Waals surface area contributed by atoms with E-state index in [4.69, 9.17) is 5.11 Å². The van der Waals surface area contributed by atoms with Gasteiger partial charge in [-0.25, -0.2) is 4.39 Å². The van der Waals surface area contributed by atoms with Crippen LogP contribution in [0.5, 0.6) is 0 Å². The topological polar surface area (TPSA) is 47.9 Å². The molecule has 28 heavy (non-hydrogen) atoms. The predicted octanol–water partition coefficient (Wildman–Crippen LogP) is 4.16. The maximum Gasteiger partial charge on any atom is 0.416 e. The first-order valence-electron chi connectivity index (χ1n) is 8.20. The van der Waals surface area contributed by atoms with Crippen molar-refractivity contribution in [1.82, 2.24) is 10.2 Å². The molecule has 9 heteroatoms. The van der Waals surface area contributed by atoms with Gasteiger partial charge in [-0.2, -0.15) is 13.2 Å². The van der Waals surface area contributed by atoms with Crippen molar-refractivity contribution >= 4 is 29.9 Å². The Hall–Kier alpha value is -1.88. The van der Waals surface area contributed by atoms with E-state index in [1.165, 1.54) is 18.2 Å². The second-order valence-corrected chi connectivity index (χ2v) is 6.04. The second kappa shape index (κ2) is 10.6. The Balaban J connectivity index is 0.00000392. The van der Waals surface area contributed by atoms with Crippen molar-refractivity contribution in [1.29, 1.82) is 0 Å². The first kappa shape index (κ1) is 24.2. The summed E-state index contributed by atoms with van der Waals surface area (Å²) in [5.41, 5.74) is 0.997. The van der Waals surface area contributed by atoms with Crippen LogP contribution in [0.15, 0.2) is 47.5 Å². The molecule has 0 saturated carbocycles. The van der Waals surface area contributed by atoms with E-state index in [0.29, 0.717) is 24.6 Å². The molecule has 0 atom stereocenters. The average molecular weight is 511 g/mol. The molecule has 2 N–H and O–H groups in total. The molecule has 0 aliphatic carbocycles. The third kappa shape index (κ3) is 6.62. The molecular weight excluding hydrogens is 489 g/mol. The van der Waals surface area contributed by atoms with Crippen LogP contribution in [0.4, 0.5) is 17.6 Å². The summed E-state index contributed by atoms with van der Waals surface area (Å²) in [6, 6.07) is 9.41. The van der Waals surface area contributed by atoms with Crippen LogP contribution in [-0.4, -0.2) is 30.1 Å². The number of alkyl halides is 3. The molecule has 0 aliphatic heterocycles. The maximum absolute atomic E-state index is 13.4. The summed E-state index contributed by atoms with van der Waals surface area (Å²) in [5, 5.41) is 12.2. The van der Waals surface area contributed by atoms with Crippen molar-refractivity contribution < 1.29 is 22.7 Å². The van der Waals surface area contributed by atoms with Gasteiger partial charge in [0.25, 0.3) is 0 Å². The normalized spacial score (nSPS) is 11.8. The number of aliphatic imine (C=N–C) groups is 1. The Kier molecular flexibility index (Phi) is 9.15. The van der Waals surface area contributed by atoms with Gasteiger partial charge in [-0.15, -0.1) is 24.0 Å². The molecule has 0 radical (unpaired) electrons. The zero-order valence-corrected chi connectivity index (χ0v) is 17.8. The lowest BCUT2D eigenvalue weighted by Gasteiger charge is -2.22. The van der Waals surface area contributed by atoms with Crippen molar-refractivity contribution in [2.75, 3.05) is 14.1 Å². The Bertz CT molecular complexity index is 795. The van der Waals surface area contributed by atoms with Crippen LogP contribution in [0.3, 0.4) is 0 Å². The van der Waals surface area contributed by atoms with E-state index in [1.54, 1.807) is 31.1 Å². The SMILES string of the molecule is CN=C(NCc1ccc(F)c(CO)c1)N(C)Cc1ccc(C(F)(F)F)cc1.I. The van der Waals surface area contributed by atoms with Gasteiger partial charge in [-0.1, -0.05) is 18.2 Å². The minimum absolute atomic E-state index is 0. The summed E-state index contributed by atoms with van der Waals surface area (Å²) in [4.78, 5) is 5.91. The van der Waals surface area contributed by atoms with E-state index >= 15 is 0 Å². The molecule has 2 aromatic carbocycles. The fourth-order valence-corrected chi connectivity index (χ4v) is 2.57. The molecule has 0 heterocycles. The molecular formula is C19H22F4IN3O. The van der Waals surface area contributed by atoms with Gasteiger partial charge in [0.1, 0.15) is 5.82 Å². The quantitative estimate of drug-likeness (QED) is 0.275. The Morgan fingerprint density at radius 2 is 1.71 bits per heavy atom. The van der Waals surface area contributed by atoms with Crippen LogP contribution in [-0.2, 0) is 25.9 Å². The van der Waals surface area contributed by atoms with Crippen LogP contribution < -0.4 is 5.32 Å². The molecule has 154 valence electrons. The van der Waals surface area contributed by atoms with Gasteiger partial charge < -0.3 is 15.3 Å². The standard InChI is InChI=1S/C19H21F4N3O.HI/c1-24-18(25-10-14-5-8-17(20)15(9-14)12-27)26(2)11-13-3-6-16(7-4-13)19(21,22)23;/h3-9,27H,10-12H2,1-2H3,(H,24,25);1H. The number of halogens is 5. The van der Waals surface area contributed by atoms with E-state index < -0.39 is 17.6 Å². The predicted molar refractivity (Wildman–Crippen MR) is 111 cm³/mol. The van der Waals surface area contributed by atoms with Crippen molar-refractivity contribution in [3.05, 3.63) is 70.5 Å². The van der Waals surface area contributed by atoms with Crippen LogP contribution in [0, 0.1) is 5.82 Å². The molecule has 0 aliphatic rings. The van der Waals surface area contributed by atoms with Gasteiger partial charge in [0, 0.05) is 32.7 Å². The molecule has 2 rings (SSSR count). The van der Waals surface area contributed by atoms with Crippen molar-refractivity contribution in [2.24, 2.45) is 4.99 Å². The first-order valence-corrected chi connectivity index (χ1v) is 8.20. The summed E-state index contributed by atoms with van der Waals surface area (Å²) >= 11 is 0. The lowest BCUT2D eigenvalue weighted by atomic mass is 10.1. The van der Waals surface area contributed by atoms with Gasteiger partial charge in [0.05, 0.1) is 12.2 Å². The first-order chi connectivity index (χ1) is 12.7. The molecule has 0 saturated heterocycles. The molecule has 0 amide bonds. The van der Waals surface area contributed by atoms with Crippen molar-refractivity contribution in [3.8, 4) is 0 Å². The van der Waals surface area contributed by atoms with Crippen LogP contribution >= 0.6 is 24.0 Å². The maximum atomic E-state index is 13.4. The monoisotopic (exact) mass is 511 g/mol. The number of guanidine groups is 1. The average Bonchev–Trinajstić information content (AvgIpc) is 2.63. The van der Waals surface area contributed by atoms with Crippen LogP contribution in [0.25, 0.3) is 0 Å². The molecule has 0 aromatic heterocycles. The summed E-state index contributed by atoms with van der Waals surface area (Å²) in [6.45, 7) is 0.336. The minimum atomic E-state index is -4.36. The molecule has 2 aromatic rings. The van der Waals surface area contributed by atoms with Gasteiger partial charge in [-0.3, -0.25) is 4.99 Å². The minimum Gasteiger partial charge on any atom is -0.392 e. The highest BCUT2D eigenvalue weighted by atomic mass is 127. The number of aliphatic hydroxyl groups excluding tert-OH is 1. The van der Waals surface area contributed by atoms with E-state index in [0.717, 1.165) is 17.7 Å². The summed E-state index contributed by atoms with van der Waals surface area (Å²) < 4.78 is 51.3. The third-order valence-electron chi connectivity index (χ3n) is 4.01. The number of nitrogens with zero attached hydrogens (tertiary/aromatic N) is 2. The number of hydrogen-bond acceptors (Lipinski definition) is 2. The molecule has 4 nitrogen and oxygen atoms in total. The van der Waals surface area contributed by atoms with Crippen LogP contribution in [0.2, 0.25) is 0 Å². The van der Waals surface area contributed by atoms with Gasteiger partial charge >= 0.3 is 6.18 Å². The number of benzene rings is 2. The van der Waals surface area contributed by atoms with E-state index in [-0.39, 0.29) is 36.1 Å². The zero-order chi connectivity index (χ0) is 20.0. The molecule has 0 spiro atoms. The fourth-order valence-electron chi connectivity index (χ4n) is 2.57. The number of nitrogens with one attached hydrogen (secondary N) is 1. The van der Waals surface area contributed by atoms with Gasteiger partial charge in [0.2, 0.25) is 0 Å². The Morgan fingerprint density at radius 3 is 2.25 bits per heavy atom. The van der Waals surface area contributed by atoms with Crippen LogP contribution in [0.1, 0.15) is 22.3 Å². The van der Waals surface area contributed by atoms with E-state index in [2.05, 4.69) is 10.3 Å². The lowest BCUT2D eigenvalue weighted by Crippen LogP contribution is -2.38. The van der Waals surface area contributed by atoms with Crippen molar-refractivity contribution in [3.63, 3.8) is 0 Å². The molecule has 0 fully saturated rings. The largest absolute Gasteiger partial charge is 0.416 e. The lowest BCUT2D eigenvalue weighted by molar-refractivity contribution is -0.137. The fraction of sp³-hybridized carbons (Fsp3) is 0.316. The van der Waals surface area contributed by atoms with E-state index in [1.807, 2.05) is 0 Å².